The van der Waals surface area contributed by atoms with Crippen LogP contribution < -0.4 is 5.32 Å². The summed E-state index contributed by atoms with van der Waals surface area (Å²) in [4.78, 5) is 15.4. The lowest BCUT2D eigenvalue weighted by Gasteiger charge is -2.17. The van der Waals surface area contributed by atoms with Gasteiger partial charge < -0.3 is 10.4 Å². The molecule has 1 aromatic rings. The molecule has 0 radical (unpaired) electrons. The fraction of sp³-hybridized carbons (Fsp3) is 0.462. The molecule has 0 spiro atoms. The summed E-state index contributed by atoms with van der Waals surface area (Å²) in [5.74, 6) is -0.698. The van der Waals surface area contributed by atoms with Gasteiger partial charge in [0.05, 0.1) is 16.9 Å². The number of nitrogens with one attached hydrogen (secondary N) is 1. The van der Waals surface area contributed by atoms with Crippen LogP contribution in [-0.2, 0) is 4.79 Å². The number of nitrogens with zero attached hydrogens (tertiary/aromatic N) is 2. The number of carbonyl (C=O) groups is 1. The zero-order chi connectivity index (χ0) is 13.3. The molecule has 1 saturated carbocycles. The predicted octanol–water partition coefficient (Wildman–Crippen LogP) is 1.85. The van der Waals surface area contributed by atoms with Gasteiger partial charge in [-0.2, -0.15) is 5.26 Å². The van der Waals surface area contributed by atoms with Gasteiger partial charge in [0.2, 0.25) is 0 Å². The number of pyridine rings is 1. The molecule has 5 nitrogen and oxygen atoms in total. The first-order valence-corrected chi connectivity index (χ1v) is 5.90. The summed E-state index contributed by atoms with van der Waals surface area (Å²) in [6, 6.07) is 3.19. The number of aliphatic carboxylic acids is 1. The van der Waals surface area contributed by atoms with E-state index in [2.05, 4.69) is 16.4 Å². The molecule has 0 aromatic carbocycles. The van der Waals surface area contributed by atoms with Crippen LogP contribution in [-0.4, -0.2) is 22.1 Å². The molecule has 2 N–H and O–H groups in total. The maximum Gasteiger partial charge on any atom is 0.326 e. The Balaban J connectivity index is 2.32. The van der Waals surface area contributed by atoms with Crippen molar-refractivity contribution in [3.8, 4) is 6.07 Å². The molecule has 5 heteroatoms. The molecule has 1 atom stereocenters. The molecule has 1 aliphatic carbocycles. The Bertz CT molecular complexity index is 530. The summed E-state index contributed by atoms with van der Waals surface area (Å²) in [7, 11) is 0. The van der Waals surface area contributed by atoms with Crippen molar-refractivity contribution in [2.45, 2.75) is 32.7 Å². The normalized spacial score (nSPS) is 15.8. The van der Waals surface area contributed by atoms with Crippen LogP contribution in [0.5, 0.6) is 0 Å². The lowest BCUT2D eigenvalue weighted by atomic mass is 10.1. The summed E-state index contributed by atoms with van der Waals surface area (Å²) in [5.41, 5.74) is 2.39. The van der Waals surface area contributed by atoms with Gasteiger partial charge in [-0.05, 0) is 38.7 Å². The van der Waals surface area contributed by atoms with Crippen LogP contribution in [0.1, 0.15) is 29.8 Å². The van der Waals surface area contributed by atoms with Crippen LogP contribution in [0, 0.1) is 31.1 Å². The minimum absolute atomic E-state index is 0.169. The van der Waals surface area contributed by atoms with Gasteiger partial charge in [0.15, 0.2) is 0 Å². The van der Waals surface area contributed by atoms with E-state index >= 15 is 0 Å². The van der Waals surface area contributed by atoms with E-state index in [1.54, 1.807) is 13.0 Å². The number of anilines is 1. The first kappa shape index (κ1) is 12.4. The van der Waals surface area contributed by atoms with Crippen molar-refractivity contribution < 1.29 is 9.90 Å². The van der Waals surface area contributed by atoms with Crippen LogP contribution >= 0.6 is 0 Å². The van der Waals surface area contributed by atoms with Crippen molar-refractivity contribution in [2.75, 3.05) is 5.32 Å². The third-order valence-corrected chi connectivity index (χ3v) is 3.11. The number of hydrogen-bond donors (Lipinski definition) is 2. The first-order valence-electron chi connectivity index (χ1n) is 5.90. The molecule has 1 aromatic heterocycles. The topological polar surface area (TPSA) is 86.0 Å². The Kier molecular flexibility index (Phi) is 3.19. The zero-order valence-electron chi connectivity index (χ0n) is 10.4. The Morgan fingerprint density at radius 2 is 2.28 bits per heavy atom. The third kappa shape index (κ3) is 2.43. The molecule has 1 heterocycles. The summed E-state index contributed by atoms with van der Waals surface area (Å²) >= 11 is 0. The van der Waals surface area contributed by atoms with Crippen molar-refractivity contribution in [3.05, 3.63) is 23.0 Å². The molecule has 1 unspecified atom stereocenters. The highest BCUT2D eigenvalue weighted by Crippen LogP contribution is 2.35. The van der Waals surface area contributed by atoms with Crippen LogP contribution in [0.2, 0.25) is 0 Å². The summed E-state index contributed by atoms with van der Waals surface area (Å²) in [6.45, 7) is 3.58. The lowest BCUT2D eigenvalue weighted by Crippen LogP contribution is -2.31. The smallest absolute Gasteiger partial charge is 0.326 e. The average molecular weight is 245 g/mol. The molecule has 0 saturated heterocycles. The fourth-order valence-corrected chi connectivity index (χ4v) is 2.06. The van der Waals surface area contributed by atoms with Crippen molar-refractivity contribution in [1.82, 2.24) is 4.98 Å². The van der Waals surface area contributed by atoms with Crippen LogP contribution in [0.25, 0.3) is 0 Å². The molecular formula is C13H15N3O2. The number of hydrogen-bond acceptors (Lipinski definition) is 4. The molecule has 1 fully saturated rings. The molecule has 2 rings (SSSR count). The molecule has 18 heavy (non-hydrogen) atoms. The van der Waals surface area contributed by atoms with E-state index in [1.165, 1.54) is 0 Å². The first-order chi connectivity index (χ1) is 8.52. The monoisotopic (exact) mass is 245 g/mol. The maximum atomic E-state index is 11.2. The summed E-state index contributed by atoms with van der Waals surface area (Å²) in [5, 5.41) is 21.3. The molecule has 1 aliphatic rings. The largest absolute Gasteiger partial charge is 0.480 e. The highest BCUT2D eigenvalue weighted by atomic mass is 16.4. The van der Waals surface area contributed by atoms with Gasteiger partial charge in [0, 0.05) is 5.69 Å². The second-order valence-electron chi connectivity index (χ2n) is 4.68. The number of carboxylic acids is 1. The van der Waals surface area contributed by atoms with E-state index in [4.69, 9.17) is 5.26 Å². The zero-order valence-corrected chi connectivity index (χ0v) is 10.4. The van der Waals surface area contributed by atoms with Crippen LogP contribution in [0.3, 0.4) is 0 Å². The van der Waals surface area contributed by atoms with E-state index in [9.17, 15) is 9.90 Å². The molecule has 94 valence electrons. The Morgan fingerprint density at radius 3 is 2.78 bits per heavy atom. The van der Waals surface area contributed by atoms with Crippen molar-refractivity contribution in [1.29, 1.82) is 5.26 Å². The average Bonchev–Trinajstić information content (AvgIpc) is 3.08. The van der Waals surface area contributed by atoms with Gasteiger partial charge in [0.25, 0.3) is 0 Å². The van der Waals surface area contributed by atoms with Gasteiger partial charge in [0.1, 0.15) is 12.1 Å². The molecule has 0 amide bonds. The standard InChI is InChI=1S/C13H15N3O2/c1-7-5-11(10(6-14)8(2)15-7)16-12(13(17)18)9-3-4-9/h5,9,12H,3-4H2,1-2H3,(H,15,16)(H,17,18). The molecule has 0 aliphatic heterocycles. The number of nitriles is 1. The van der Waals surface area contributed by atoms with Gasteiger partial charge in [-0.25, -0.2) is 4.79 Å². The van der Waals surface area contributed by atoms with Crippen molar-refractivity contribution in [3.63, 3.8) is 0 Å². The van der Waals surface area contributed by atoms with Gasteiger partial charge in [-0.15, -0.1) is 0 Å². The minimum Gasteiger partial charge on any atom is -0.480 e. The molecule has 0 bridgehead atoms. The number of aromatic nitrogens is 1. The maximum absolute atomic E-state index is 11.2. The molecular weight excluding hydrogens is 230 g/mol. The van der Waals surface area contributed by atoms with Crippen LogP contribution in [0.4, 0.5) is 5.69 Å². The van der Waals surface area contributed by atoms with Gasteiger partial charge >= 0.3 is 5.97 Å². The van der Waals surface area contributed by atoms with E-state index in [0.717, 1.165) is 18.5 Å². The van der Waals surface area contributed by atoms with E-state index in [-0.39, 0.29) is 5.92 Å². The summed E-state index contributed by atoms with van der Waals surface area (Å²) < 4.78 is 0. The predicted molar refractivity (Wildman–Crippen MR) is 66.2 cm³/mol. The Morgan fingerprint density at radius 1 is 1.61 bits per heavy atom. The van der Waals surface area contributed by atoms with Crippen LogP contribution in [0.15, 0.2) is 6.07 Å². The SMILES string of the molecule is Cc1cc(NC(C(=O)O)C2CC2)c(C#N)c(C)n1. The minimum atomic E-state index is -0.867. The van der Waals surface area contributed by atoms with E-state index in [1.807, 2.05) is 6.92 Å². The highest BCUT2D eigenvalue weighted by molar-refractivity contribution is 5.79. The highest BCUT2D eigenvalue weighted by Gasteiger charge is 2.36. The summed E-state index contributed by atoms with van der Waals surface area (Å²) in [6.07, 6.45) is 1.85. The quantitative estimate of drug-likeness (QED) is 0.845. The Labute approximate surface area is 105 Å². The second kappa shape index (κ2) is 4.65. The van der Waals surface area contributed by atoms with Crippen molar-refractivity contribution in [2.24, 2.45) is 5.92 Å². The lowest BCUT2D eigenvalue weighted by molar-refractivity contribution is -0.138. The van der Waals surface area contributed by atoms with Gasteiger partial charge in [-0.1, -0.05) is 0 Å². The number of rotatable bonds is 4. The van der Waals surface area contributed by atoms with E-state index in [0.29, 0.717) is 16.9 Å². The van der Waals surface area contributed by atoms with Crippen molar-refractivity contribution >= 4 is 11.7 Å². The third-order valence-electron chi connectivity index (χ3n) is 3.11. The fourth-order valence-electron chi connectivity index (χ4n) is 2.06. The number of aryl methyl sites for hydroxylation is 2. The Hall–Kier alpha value is -2.09. The number of carboxylic acid groups (broad SMARTS) is 1. The van der Waals surface area contributed by atoms with E-state index < -0.39 is 12.0 Å². The van der Waals surface area contributed by atoms with Gasteiger partial charge in [-0.3, -0.25) is 4.98 Å². The second-order valence-corrected chi connectivity index (χ2v) is 4.68.